The van der Waals surface area contributed by atoms with Crippen LogP contribution in [0.5, 0.6) is 28.7 Å². The van der Waals surface area contributed by atoms with Gasteiger partial charge in [0, 0.05) is 5.41 Å². The predicted octanol–water partition coefficient (Wildman–Crippen LogP) is 8.01. The van der Waals surface area contributed by atoms with Gasteiger partial charge >= 0.3 is 26.5 Å². The molecule has 0 saturated carbocycles. The first-order valence-electron chi connectivity index (χ1n) is 15.8. The summed E-state index contributed by atoms with van der Waals surface area (Å²) in [5.41, 5.74) is 1.75. The van der Waals surface area contributed by atoms with E-state index in [1.807, 2.05) is 31.2 Å². The van der Waals surface area contributed by atoms with Crippen LogP contribution in [0.2, 0.25) is 0 Å². The first-order valence-corrected chi connectivity index (χ1v) is 18.6. The molecule has 0 spiro atoms. The number of esters is 1. The van der Waals surface area contributed by atoms with Crippen molar-refractivity contribution < 1.29 is 43.7 Å². The fourth-order valence-corrected chi connectivity index (χ4v) is 6.08. The number of benzene rings is 4. The summed E-state index contributed by atoms with van der Waals surface area (Å²) in [5.74, 6) is 0.309. The van der Waals surface area contributed by atoms with Gasteiger partial charge in [-0.3, -0.25) is 0 Å². The van der Waals surface area contributed by atoms with Gasteiger partial charge in [0.2, 0.25) is 0 Å². The van der Waals surface area contributed by atoms with Crippen LogP contribution in [0.25, 0.3) is 0 Å². The molecule has 4 aromatic carbocycles. The van der Waals surface area contributed by atoms with Crippen LogP contribution in [0, 0.1) is 0 Å². The van der Waals surface area contributed by atoms with Crippen LogP contribution in [-0.2, 0) is 25.9 Å². The summed E-state index contributed by atoms with van der Waals surface area (Å²) < 4.78 is 75.8. The molecule has 0 heterocycles. The zero-order chi connectivity index (χ0) is 36.0. The Hall–Kier alpha value is -4.55. The van der Waals surface area contributed by atoms with E-state index >= 15 is 0 Å². The van der Waals surface area contributed by atoms with E-state index in [4.69, 9.17) is 22.0 Å². The van der Waals surface area contributed by atoms with Crippen molar-refractivity contribution in [3.05, 3.63) is 114 Å². The molecule has 0 amide bonds. The standard InChI is InChI=1S/C37H42O10S2/c1-8-26(3)43-30-18-12-28(13-19-30)37(6,7)29-14-20-34(21-15-29)47-49(41,42)46-33-16-10-27(11-17-33)35(38)44-31-22-24-32(25-23-31)45-48(39,40)36(4,5)9-2/h10-26H,8-9H2,1-7H3. The average Bonchev–Trinajstić information content (AvgIpc) is 3.05. The zero-order valence-electron chi connectivity index (χ0n) is 28.6. The van der Waals surface area contributed by atoms with Crippen LogP contribution in [0.1, 0.15) is 82.8 Å². The normalized spacial score (nSPS) is 12.9. The van der Waals surface area contributed by atoms with Crippen LogP contribution in [-0.4, -0.2) is 33.7 Å². The second-order valence-electron chi connectivity index (χ2n) is 12.6. The molecule has 1 atom stereocenters. The quantitative estimate of drug-likeness (QED) is 0.0679. The van der Waals surface area contributed by atoms with Crippen LogP contribution in [0.15, 0.2) is 97.1 Å². The van der Waals surface area contributed by atoms with E-state index in [-0.39, 0.29) is 40.1 Å². The van der Waals surface area contributed by atoms with Gasteiger partial charge in [-0.25, -0.2) is 4.79 Å². The Morgan fingerprint density at radius 1 is 0.612 bits per heavy atom. The Morgan fingerprint density at radius 2 is 1.02 bits per heavy atom. The van der Waals surface area contributed by atoms with E-state index in [0.29, 0.717) is 6.42 Å². The minimum atomic E-state index is -4.50. The van der Waals surface area contributed by atoms with Crippen molar-refractivity contribution in [3.8, 4) is 28.7 Å². The highest BCUT2D eigenvalue weighted by Crippen LogP contribution is 2.34. The molecule has 0 N–H and O–H groups in total. The van der Waals surface area contributed by atoms with Crippen molar-refractivity contribution >= 4 is 26.5 Å². The summed E-state index contributed by atoms with van der Waals surface area (Å²) in [6, 6.07) is 25.5. The largest absolute Gasteiger partial charge is 0.500 e. The molecule has 1 unspecified atom stereocenters. The van der Waals surface area contributed by atoms with Gasteiger partial charge in [0.05, 0.1) is 11.7 Å². The fraction of sp³-hybridized carbons (Fsp3) is 0.324. The van der Waals surface area contributed by atoms with Crippen molar-refractivity contribution in [2.24, 2.45) is 0 Å². The molecule has 0 aromatic heterocycles. The van der Waals surface area contributed by atoms with Gasteiger partial charge in [-0.1, -0.05) is 52.0 Å². The van der Waals surface area contributed by atoms with Gasteiger partial charge in [0.15, 0.2) is 0 Å². The van der Waals surface area contributed by atoms with E-state index in [1.54, 1.807) is 45.0 Å². The summed E-state index contributed by atoms with van der Waals surface area (Å²) in [5, 5.41) is 0. The number of carbonyl (C=O) groups is 1. The Balaban J connectivity index is 1.33. The molecule has 0 aliphatic rings. The van der Waals surface area contributed by atoms with Gasteiger partial charge in [0.1, 0.15) is 33.5 Å². The third kappa shape index (κ3) is 9.54. The zero-order valence-corrected chi connectivity index (χ0v) is 30.3. The number of hydrogen-bond acceptors (Lipinski definition) is 10. The highest BCUT2D eigenvalue weighted by Gasteiger charge is 2.34. The highest BCUT2D eigenvalue weighted by molar-refractivity contribution is 7.88. The third-order valence-corrected chi connectivity index (χ3v) is 11.2. The lowest BCUT2D eigenvalue weighted by Crippen LogP contribution is -2.34. The lowest BCUT2D eigenvalue weighted by molar-refractivity contribution is 0.0734. The van der Waals surface area contributed by atoms with E-state index in [9.17, 15) is 21.6 Å². The van der Waals surface area contributed by atoms with Crippen LogP contribution in [0.3, 0.4) is 0 Å². The van der Waals surface area contributed by atoms with E-state index in [2.05, 4.69) is 20.8 Å². The summed E-state index contributed by atoms with van der Waals surface area (Å²) in [6.45, 7) is 13.1. The minimum absolute atomic E-state index is 0.0696. The molecule has 4 aromatic rings. The molecule has 0 aliphatic heterocycles. The van der Waals surface area contributed by atoms with Crippen molar-refractivity contribution in [1.82, 2.24) is 0 Å². The Labute approximate surface area is 289 Å². The number of hydrogen-bond donors (Lipinski definition) is 0. The average molecular weight is 711 g/mol. The molecular weight excluding hydrogens is 669 g/mol. The summed E-state index contributed by atoms with van der Waals surface area (Å²) in [7, 11) is -8.37. The van der Waals surface area contributed by atoms with Gasteiger partial charge in [-0.2, -0.15) is 8.42 Å². The van der Waals surface area contributed by atoms with Crippen LogP contribution in [0.4, 0.5) is 0 Å². The monoisotopic (exact) mass is 710 g/mol. The first kappa shape index (κ1) is 37.3. The number of rotatable bonds is 15. The second-order valence-corrected chi connectivity index (χ2v) is 16.0. The summed E-state index contributed by atoms with van der Waals surface area (Å²) in [4.78, 5) is 12.7. The number of carbonyl (C=O) groups excluding carboxylic acids is 1. The van der Waals surface area contributed by atoms with Crippen molar-refractivity contribution in [2.75, 3.05) is 0 Å². The molecular formula is C37H42O10S2. The van der Waals surface area contributed by atoms with Crippen molar-refractivity contribution in [3.63, 3.8) is 0 Å². The Bertz CT molecular complexity index is 1930. The van der Waals surface area contributed by atoms with Crippen LogP contribution < -0.4 is 22.0 Å². The molecule has 12 heteroatoms. The minimum Gasteiger partial charge on any atom is -0.491 e. The maximum atomic E-state index is 12.7. The van der Waals surface area contributed by atoms with E-state index in [0.717, 1.165) is 23.3 Å². The molecule has 0 radical (unpaired) electrons. The molecule has 10 nitrogen and oxygen atoms in total. The summed E-state index contributed by atoms with van der Waals surface area (Å²) >= 11 is 0. The molecule has 0 aliphatic carbocycles. The molecule has 0 saturated heterocycles. The smallest absolute Gasteiger partial charge is 0.491 e. The summed E-state index contributed by atoms with van der Waals surface area (Å²) in [6.07, 6.45) is 1.41. The van der Waals surface area contributed by atoms with Gasteiger partial charge < -0.3 is 22.0 Å². The SMILES string of the molecule is CCC(C)Oc1ccc(C(C)(C)c2ccc(OS(=O)(=O)Oc3ccc(C(=O)Oc4ccc(OS(=O)(=O)C(C)(C)CC)cc4)cc3)cc2)cc1. The third-order valence-electron chi connectivity index (χ3n) is 8.32. The fourth-order valence-electron chi connectivity index (χ4n) is 4.40. The topological polar surface area (TPSA) is 132 Å². The first-order chi connectivity index (χ1) is 22.9. The maximum Gasteiger partial charge on any atom is 0.500 e. The molecule has 49 heavy (non-hydrogen) atoms. The van der Waals surface area contributed by atoms with Crippen molar-refractivity contribution in [2.45, 2.75) is 77.6 Å². The van der Waals surface area contributed by atoms with E-state index in [1.165, 1.54) is 48.5 Å². The van der Waals surface area contributed by atoms with Crippen LogP contribution >= 0.6 is 0 Å². The van der Waals surface area contributed by atoms with Gasteiger partial charge in [-0.15, -0.1) is 8.42 Å². The molecule has 0 fully saturated rings. The second kappa shape index (κ2) is 14.9. The predicted molar refractivity (Wildman–Crippen MR) is 187 cm³/mol. The van der Waals surface area contributed by atoms with Crippen molar-refractivity contribution in [1.29, 1.82) is 0 Å². The Morgan fingerprint density at radius 3 is 1.49 bits per heavy atom. The molecule has 4 rings (SSSR count). The van der Waals surface area contributed by atoms with E-state index < -0.39 is 31.2 Å². The molecule has 0 bridgehead atoms. The Kier molecular flexibility index (Phi) is 11.3. The highest BCUT2D eigenvalue weighted by atomic mass is 32.3. The van der Waals surface area contributed by atoms with Gasteiger partial charge in [-0.05, 0) is 118 Å². The lowest BCUT2D eigenvalue weighted by Gasteiger charge is -2.26. The maximum absolute atomic E-state index is 12.7. The lowest BCUT2D eigenvalue weighted by atomic mass is 9.78. The van der Waals surface area contributed by atoms with Gasteiger partial charge in [0.25, 0.3) is 0 Å². The molecule has 262 valence electrons. The number of ether oxygens (including phenoxy) is 2.